The standard InChI is InChI=1S/C11H15N3O3S/c12-9-6-13-10(5-8(9)11(15)16)14-7-1-3-18(17)4-2-7/h5-7H,1-4,12H2,(H,13,14)(H,15,16). The third-order valence-electron chi connectivity index (χ3n) is 2.91. The van der Waals surface area contributed by atoms with Crippen LogP contribution in [-0.4, -0.2) is 37.8 Å². The number of carboxylic acids is 1. The largest absolute Gasteiger partial charge is 0.478 e. The minimum atomic E-state index is -1.07. The average molecular weight is 269 g/mol. The van der Waals surface area contributed by atoms with Crippen molar-refractivity contribution >= 4 is 28.3 Å². The number of carboxylic acid groups (broad SMARTS) is 1. The zero-order chi connectivity index (χ0) is 13.1. The highest BCUT2D eigenvalue weighted by molar-refractivity contribution is 7.85. The highest BCUT2D eigenvalue weighted by atomic mass is 32.2. The van der Waals surface area contributed by atoms with Gasteiger partial charge in [-0.15, -0.1) is 0 Å². The summed E-state index contributed by atoms with van der Waals surface area (Å²) in [6.07, 6.45) is 2.95. The van der Waals surface area contributed by atoms with Crippen LogP contribution in [0.3, 0.4) is 0 Å². The van der Waals surface area contributed by atoms with Crippen molar-refractivity contribution in [1.82, 2.24) is 4.98 Å². The third kappa shape index (κ3) is 2.98. The zero-order valence-corrected chi connectivity index (χ0v) is 10.6. The lowest BCUT2D eigenvalue weighted by Gasteiger charge is -2.23. The lowest BCUT2D eigenvalue weighted by atomic mass is 10.1. The predicted molar refractivity (Wildman–Crippen MR) is 70.1 cm³/mol. The summed E-state index contributed by atoms with van der Waals surface area (Å²) in [6.45, 7) is 0. The second-order valence-corrected chi connectivity index (χ2v) is 5.92. The van der Waals surface area contributed by atoms with E-state index in [1.54, 1.807) is 0 Å². The van der Waals surface area contributed by atoms with Gasteiger partial charge in [0.1, 0.15) is 5.82 Å². The lowest BCUT2D eigenvalue weighted by Crippen LogP contribution is -2.29. The SMILES string of the molecule is Nc1cnc(NC2CCS(=O)CC2)cc1C(=O)O. The van der Waals surface area contributed by atoms with Gasteiger partial charge < -0.3 is 16.2 Å². The summed E-state index contributed by atoms with van der Waals surface area (Å²) in [7, 11) is -0.709. The van der Waals surface area contributed by atoms with E-state index in [2.05, 4.69) is 10.3 Å². The Morgan fingerprint density at radius 1 is 1.50 bits per heavy atom. The van der Waals surface area contributed by atoms with Crippen molar-refractivity contribution in [1.29, 1.82) is 0 Å². The fourth-order valence-electron chi connectivity index (χ4n) is 1.88. The molecule has 18 heavy (non-hydrogen) atoms. The van der Waals surface area contributed by atoms with Crippen LogP contribution in [0.5, 0.6) is 0 Å². The van der Waals surface area contributed by atoms with E-state index in [0.29, 0.717) is 17.3 Å². The van der Waals surface area contributed by atoms with Gasteiger partial charge in [0.15, 0.2) is 0 Å². The molecule has 0 saturated carbocycles. The number of aromatic nitrogens is 1. The molecule has 6 nitrogen and oxygen atoms in total. The van der Waals surface area contributed by atoms with Crippen LogP contribution in [0.2, 0.25) is 0 Å². The number of nitrogens with two attached hydrogens (primary N) is 1. The van der Waals surface area contributed by atoms with Gasteiger partial charge in [0.2, 0.25) is 0 Å². The van der Waals surface area contributed by atoms with E-state index in [-0.39, 0.29) is 17.3 Å². The number of aromatic carboxylic acids is 1. The smallest absolute Gasteiger partial charge is 0.337 e. The number of carbonyl (C=O) groups is 1. The summed E-state index contributed by atoms with van der Waals surface area (Å²) in [5.41, 5.74) is 5.73. The molecule has 0 radical (unpaired) electrons. The minimum absolute atomic E-state index is 0.0480. The normalized spacial score (nSPS) is 23.6. The fourth-order valence-corrected chi connectivity index (χ4v) is 3.18. The molecule has 1 fully saturated rings. The first-order valence-electron chi connectivity index (χ1n) is 5.66. The average Bonchev–Trinajstić information content (AvgIpc) is 2.34. The Labute approximate surface area is 107 Å². The predicted octanol–water partition coefficient (Wildman–Crippen LogP) is 0.685. The van der Waals surface area contributed by atoms with E-state index < -0.39 is 16.8 Å². The molecule has 1 aliphatic rings. The number of nitrogens with zero attached hydrogens (tertiary/aromatic N) is 1. The molecule has 1 aliphatic heterocycles. The van der Waals surface area contributed by atoms with E-state index in [4.69, 9.17) is 10.8 Å². The summed E-state index contributed by atoms with van der Waals surface area (Å²) in [5, 5.41) is 12.1. The molecule has 0 unspecified atom stereocenters. The van der Waals surface area contributed by atoms with Gasteiger partial charge in [0.05, 0.1) is 17.4 Å². The molecule has 4 N–H and O–H groups in total. The van der Waals surface area contributed by atoms with Gasteiger partial charge >= 0.3 is 5.97 Å². The Morgan fingerprint density at radius 2 is 2.17 bits per heavy atom. The van der Waals surface area contributed by atoms with Crippen molar-refractivity contribution in [2.24, 2.45) is 0 Å². The number of rotatable bonds is 3. The molecule has 0 spiro atoms. The van der Waals surface area contributed by atoms with Gasteiger partial charge in [-0.3, -0.25) is 4.21 Å². The number of nitrogens with one attached hydrogen (secondary N) is 1. The number of anilines is 2. The van der Waals surface area contributed by atoms with Crippen LogP contribution in [-0.2, 0) is 10.8 Å². The van der Waals surface area contributed by atoms with Crippen LogP contribution in [0.15, 0.2) is 12.3 Å². The van der Waals surface area contributed by atoms with E-state index in [9.17, 15) is 9.00 Å². The summed E-state index contributed by atoms with van der Waals surface area (Å²) >= 11 is 0. The summed E-state index contributed by atoms with van der Waals surface area (Å²) in [4.78, 5) is 15.0. The molecule has 2 heterocycles. The third-order valence-corrected chi connectivity index (χ3v) is 4.29. The molecule has 0 bridgehead atoms. The zero-order valence-electron chi connectivity index (χ0n) is 9.76. The van der Waals surface area contributed by atoms with Crippen molar-refractivity contribution in [3.8, 4) is 0 Å². The minimum Gasteiger partial charge on any atom is -0.478 e. The molecule has 0 atom stereocenters. The molecule has 7 heteroatoms. The Kier molecular flexibility index (Phi) is 3.81. The first-order valence-corrected chi connectivity index (χ1v) is 7.15. The van der Waals surface area contributed by atoms with Gasteiger partial charge in [0, 0.05) is 28.3 Å². The Balaban J connectivity index is 2.07. The van der Waals surface area contributed by atoms with Crippen LogP contribution < -0.4 is 11.1 Å². The quantitative estimate of drug-likeness (QED) is 0.745. The second-order valence-electron chi connectivity index (χ2n) is 4.23. The lowest BCUT2D eigenvalue weighted by molar-refractivity contribution is 0.0698. The van der Waals surface area contributed by atoms with E-state index in [1.807, 2.05) is 0 Å². The van der Waals surface area contributed by atoms with Gasteiger partial charge in [-0.2, -0.15) is 0 Å². The second kappa shape index (κ2) is 5.34. The Morgan fingerprint density at radius 3 is 2.78 bits per heavy atom. The number of hydrogen-bond acceptors (Lipinski definition) is 5. The van der Waals surface area contributed by atoms with Gasteiger partial charge in [-0.1, -0.05) is 0 Å². The summed E-state index contributed by atoms with van der Waals surface area (Å²) in [5.74, 6) is 0.790. The van der Waals surface area contributed by atoms with Crippen LogP contribution >= 0.6 is 0 Å². The van der Waals surface area contributed by atoms with Crippen LogP contribution in [0.1, 0.15) is 23.2 Å². The van der Waals surface area contributed by atoms with Crippen molar-refractivity contribution in [3.63, 3.8) is 0 Å². The summed E-state index contributed by atoms with van der Waals surface area (Å²) < 4.78 is 11.2. The molecular weight excluding hydrogens is 254 g/mol. The van der Waals surface area contributed by atoms with E-state index in [1.165, 1.54) is 12.3 Å². The fraction of sp³-hybridized carbons (Fsp3) is 0.455. The van der Waals surface area contributed by atoms with Crippen LogP contribution in [0.25, 0.3) is 0 Å². The molecule has 98 valence electrons. The van der Waals surface area contributed by atoms with Gasteiger partial charge in [0.25, 0.3) is 0 Å². The van der Waals surface area contributed by atoms with Crippen LogP contribution in [0.4, 0.5) is 11.5 Å². The van der Waals surface area contributed by atoms with E-state index >= 15 is 0 Å². The maximum absolute atomic E-state index is 11.2. The van der Waals surface area contributed by atoms with E-state index in [0.717, 1.165) is 12.8 Å². The Hall–Kier alpha value is -1.63. The molecule has 1 aromatic heterocycles. The molecular formula is C11H15N3O3S. The molecule has 0 aliphatic carbocycles. The highest BCUT2D eigenvalue weighted by Crippen LogP contribution is 2.18. The van der Waals surface area contributed by atoms with Crippen molar-refractivity contribution in [3.05, 3.63) is 17.8 Å². The number of nitrogen functional groups attached to an aromatic ring is 1. The highest BCUT2D eigenvalue weighted by Gasteiger charge is 2.18. The van der Waals surface area contributed by atoms with Crippen LogP contribution in [0, 0.1) is 0 Å². The maximum atomic E-state index is 11.2. The first-order chi connectivity index (χ1) is 8.56. The molecule has 0 aromatic carbocycles. The molecule has 1 aromatic rings. The van der Waals surface area contributed by atoms with Gasteiger partial charge in [-0.05, 0) is 18.9 Å². The Bertz CT molecular complexity index is 482. The monoisotopic (exact) mass is 269 g/mol. The topological polar surface area (TPSA) is 105 Å². The maximum Gasteiger partial charge on any atom is 0.337 e. The van der Waals surface area contributed by atoms with Crippen molar-refractivity contribution < 1.29 is 14.1 Å². The first kappa shape index (κ1) is 12.8. The molecule has 2 rings (SSSR count). The van der Waals surface area contributed by atoms with Crippen molar-refractivity contribution in [2.75, 3.05) is 22.6 Å². The molecule has 0 amide bonds. The molecule has 1 saturated heterocycles. The van der Waals surface area contributed by atoms with Gasteiger partial charge in [-0.25, -0.2) is 9.78 Å². The summed E-state index contributed by atoms with van der Waals surface area (Å²) in [6, 6.07) is 1.63. The number of pyridine rings is 1. The number of hydrogen-bond donors (Lipinski definition) is 3. The van der Waals surface area contributed by atoms with Crippen molar-refractivity contribution in [2.45, 2.75) is 18.9 Å².